The minimum atomic E-state index is -0.279. The van der Waals surface area contributed by atoms with Crippen molar-refractivity contribution in [1.29, 1.82) is 0 Å². The summed E-state index contributed by atoms with van der Waals surface area (Å²) in [5.74, 6) is 1.11. The van der Waals surface area contributed by atoms with Crippen LogP contribution in [0.4, 0.5) is 5.95 Å². The van der Waals surface area contributed by atoms with Gasteiger partial charge in [0.25, 0.3) is 5.95 Å². The van der Waals surface area contributed by atoms with E-state index < -0.39 is 0 Å². The van der Waals surface area contributed by atoms with Crippen LogP contribution in [0.25, 0.3) is 5.95 Å². The van der Waals surface area contributed by atoms with Crippen LogP contribution < -0.4 is 11.5 Å². The summed E-state index contributed by atoms with van der Waals surface area (Å²) in [6, 6.07) is 1.44. The topological polar surface area (TPSA) is 109 Å². The number of hydrogen-bond donors (Lipinski definition) is 2. The van der Waals surface area contributed by atoms with Crippen molar-refractivity contribution in [3.05, 3.63) is 24.3 Å². The lowest BCUT2D eigenvalue weighted by atomic mass is 10.3. The monoisotopic (exact) mass is 205 g/mol. The Hall–Kier alpha value is -2.02. The molecule has 7 nitrogen and oxygen atoms in total. The number of nitrogens with two attached hydrogens (primary N) is 2. The van der Waals surface area contributed by atoms with Crippen molar-refractivity contribution < 1.29 is 0 Å². The standard InChI is InChI=1S/C8H11N7/c1-5(9)6-13-7(10)14-15(6)8-11-3-2-4-12-8/h2-5H,9H2,1H3,(H2,10,14)/t5-/m0/s1. The maximum atomic E-state index is 5.73. The van der Waals surface area contributed by atoms with Gasteiger partial charge in [-0.05, 0) is 13.0 Å². The number of nitrogen functional groups attached to an aromatic ring is 1. The van der Waals surface area contributed by atoms with E-state index in [4.69, 9.17) is 11.5 Å². The minimum absolute atomic E-state index is 0.162. The molecule has 0 saturated carbocycles. The van der Waals surface area contributed by atoms with E-state index in [9.17, 15) is 0 Å². The van der Waals surface area contributed by atoms with Crippen LogP contribution in [0.5, 0.6) is 0 Å². The highest BCUT2D eigenvalue weighted by Crippen LogP contribution is 2.11. The summed E-state index contributed by atoms with van der Waals surface area (Å²) < 4.78 is 1.44. The predicted molar refractivity (Wildman–Crippen MR) is 54.0 cm³/mol. The smallest absolute Gasteiger partial charge is 0.252 e. The molecule has 2 heterocycles. The van der Waals surface area contributed by atoms with E-state index in [1.807, 2.05) is 0 Å². The van der Waals surface area contributed by atoms with Crippen LogP contribution in [0.3, 0.4) is 0 Å². The highest BCUT2D eigenvalue weighted by Gasteiger charge is 2.14. The molecule has 0 radical (unpaired) electrons. The lowest BCUT2D eigenvalue weighted by Gasteiger charge is -2.05. The molecule has 2 rings (SSSR count). The Morgan fingerprint density at radius 1 is 1.33 bits per heavy atom. The first kappa shape index (κ1) is 9.53. The van der Waals surface area contributed by atoms with Crippen LogP contribution in [0.15, 0.2) is 18.5 Å². The first-order chi connectivity index (χ1) is 7.18. The van der Waals surface area contributed by atoms with E-state index in [2.05, 4.69) is 20.1 Å². The molecule has 7 heteroatoms. The van der Waals surface area contributed by atoms with Crippen molar-refractivity contribution in [2.45, 2.75) is 13.0 Å². The van der Waals surface area contributed by atoms with Crippen LogP contribution in [-0.2, 0) is 0 Å². The van der Waals surface area contributed by atoms with E-state index in [-0.39, 0.29) is 12.0 Å². The zero-order valence-corrected chi connectivity index (χ0v) is 8.20. The Bertz CT molecular complexity index is 447. The van der Waals surface area contributed by atoms with Gasteiger partial charge in [-0.1, -0.05) is 0 Å². The van der Waals surface area contributed by atoms with Gasteiger partial charge in [0.05, 0.1) is 6.04 Å². The number of rotatable bonds is 2. The maximum Gasteiger partial charge on any atom is 0.252 e. The number of nitrogens with zero attached hydrogens (tertiary/aromatic N) is 5. The lowest BCUT2D eigenvalue weighted by Crippen LogP contribution is -2.14. The highest BCUT2D eigenvalue weighted by atomic mass is 15.4. The maximum absolute atomic E-state index is 5.73. The van der Waals surface area contributed by atoms with Crippen molar-refractivity contribution in [3.8, 4) is 5.95 Å². The molecule has 15 heavy (non-hydrogen) atoms. The summed E-state index contributed by atoms with van der Waals surface area (Å²) in [5, 5.41) is 3.98. The summed E-state index contributed by atoms with van der Waals surface area (Å²) in [5.41, 5.74) is 11.2. The molecule has 0 aromatic carbocycles. The Kier molecular flexibility index (Phi) is 2.30. The SMILES string of the molecule is C[C@H](N)c1nc(N)nn1-c1ncccn1. The van der Waals surface area contributed by atoms with Gasteiger partial charge in [0, 0.05) is 12.4 Å². The molecule has 2 aromatic rings. The van der Waals surface area contributed by atoms with Crippen molar-refractivity contribution in [1.82, 2.24) is 24.7 Å². The zero-order chi connectivity index (χ0) is 10.8. The zero-order valence-electron chi connectivity index (χ0n) is 8.20. The Balaban J connectivity index is 2.53. The average Bonchev–Trinajstić information content (AvgIpc) is 2.62. The molecule has 0 aliphatic carbocycles. The average molecular weight is 205 g/mol. The second-order valence-corrected chi connectivity index (χ2v) is 3.08. The van der Waals surface area contributed by atoms with Gasteiger partial charge in [-0.3, -0.25) is 0 Å². The normalized spacial score (nSPS) is 12.7. The number of anilines is 1. The van der Waals surface area contributed by atoms with Crippen LogP contribution in [-0.4, -0.2) is 24.7 Å². The van der Waals surface area contributed by atoms with Gasteiger partial charge < -0.3 is 11.5 Å². The van der Waals surface area contributed by atoms with Gasteiger partial charge in [0.1, 0.15) is 0 Å². The first-order valence-corrected chi connectivity index (χ1v) is 4.44. The minimum Gasteiger partial charge on any atom is -0.366 e. The molecule has 1 atom stereocenters. The van der Waals surface area contributed by atoms with E-state index in [1.165, 1.54) is 4.68 Å². The second-order valence-electron chi connectivity index (χ2n) is 3.08. The molecule has 0 aliphatic rings. The lowest BCUT2D eigenvalue weighted by molar-refractivity contribution is 0.669. The summed E-state index contributed by atoms with van der Waals surface area (Å²) in [7, 11) is 0. The van der Waals surface area contributed by atoms with Gasteiger partial charge >= 0.3 is 0 Å². The first-order valence-electron chi connectivity index (χ1n) is 4.44. The van der Waals surface area contributed by atoms with Crippen molar-refractivity contribution >= 4 is 5.95 Å². The Labute approximate surface area is 86.2 Å². The quantitative estimate of drug-likeness (QED) is 0.694. The molecule has 0 fully saturated rings. The van der Waals surface area contributed by atoms with E-state index in [0.29, 0.717) is 11.8 Å². The molecule has 0 aliphatic heterocycles. The van der Waals surface area contributed by atoms with E-state index >= 15 is 0 Å². The fraction of sp³-hybridized carbons (Fsp3) is 0.250. The molecule has 4 N–H and O–H groups in total. The van der Waals surface area contributed by atoms with Crippen LogP contribution in [0.2, 0.25) is 0 Å². The van der Waals surface area contributed by atoms with Gasteiger partial charge in [0.15, 0.2) is 5.82 Å². The van der Waals surface area contributed by atoms with Gasteiger partial charge in [-0.2, -0.15) is 9.67 Å². The highest BCUT2D eigenvalue weighted by molar-refractivity contribution is 5.21. The van der Waals surface area contributed by atoms with Gasteiger partial charge in [-0.15, -0.1) is 5.10 Å². The van der Waals surface area contributed by atoms with Crippen molar-refractivity contribution in [2.75, 3.05) is 5.73 Å². The summed E-state index contributed by atoms with van der Waals surface area (Å²) >= 11 is 0. The van der Waals surface area contributed by atoms with Gasteiger partial charge in [-0.25, -0.2) is 9.97 Å². The Morgan fingerprint density at radius 3 is 2.60 bits per heavy atom. The summed E-state index contributed by atoms with van der Waals surface area (Å²) in [4.78, 5) is 12.1. The fourth-order valence-corrected chi connectivity index (χ4v) is 1.18. The van der Waals surface area contributed by atoms with E-state index in [1.54, 1.807) is 25.4 Å². The molecule has 0 unspecified atom stereocenters. The largest absolute Gasteiger partial charge is 0.366 e. The van der Waals surface area contributed by atoms with Crippen molar-refractivity contribution in [3.63, 3.8) is 0 Å². The third-order valence-corrected chi connectivity index (χ3v) is 1.80. The van der Waals surface area contributed by atoms with Crippen LogP contribution in [0, 0.1) is 0 Å². The third-order valence-electron chi connectivity index (χ3n) is 1.80. The molecule has 0 amide bonds. The number of aromatic nitrogens is 5. The molecule has 2 aromatic heterocycles. The van der Waals surface area contributed by atoms with E-state index in [0.717, 1.165) is 0 Å². The fourth-order valence-electron chi connectivity index (χ4n) is 1.18. The summed E-state index contributed by atoms with van der Waals surface area (Å²) in [6.07, 6.45) is 3.23. The molecular formula is C8H11N7. The van der Waals surface area contributed by atoms with Crippen molar-refractivity contribution in [2.24, 2.45) is 5.73 Å². The van der Waals surface area contributed by atoms with Gasteiger partial charge in [0.2, 0.25) is 5.95 Å². The molecule has 78 valence electrons. The predicted octanol–water partition coefficient (Wildman–Crippen LogP) is -0.341. The third kappa shape index (κ3) is 1.77. The number of hydrogen-bond acceptors (Lipinski definition) is 6. The Morgan fingerprint density at radius 2 is 2.00 bits per heavy atom. The molecular weight excluding hydrogens is 194 g/mol. The summed E-state index contributed by atoms with van der Waals surface area (Å²) in [6.45, 7) is 1.79. The van der Waals surface area contributed by atoms with Crippen LogP contribution in [0.1, 0.15) is 18.8 Å². The second kappa shape index (κ2) is 3.62. The van der Waals surface area contributed by atoms with Crippen LogP contribution >= 0.6 is 0 Å². The molecule has 0 spiro atoms. The molecule has 0 saturated heterocycles. The molecule has 0 bridgehead atoms.